The molecule has 0 N–H and O–H groups in total. The molecule has 0 aromatic rings. The summed E-state index contributed by atoms with van der Waals surface area (Å²) >= 11 is 0. The largest absolute Gasteiger partial charge is 0.172 e. The Morgan fingerprint density at radius 1 is 1.50 bits per heavy atom. The van der Waals surface area contributed by atoms with Crippen molar-refractivity contribution in [3.8, 4) is 0 Å². The lowest BCUT2D eigenvalue weighted by Crippen LogP contribution is -1.50. The molecule has 0 aromatic heterocycles. The highest BCUT2D eigenvalue weighted by Gasteiger charge is 1.48. The highest BCUT2D eigenvalue weighted by Crippen LogP contribution is 1.65. The van der Waals surface area contributed by atoms with Gasteiger partial charge in [0.2, 0.25) is 0 Å². The smallest absolute Gasteiger partial charge is 0.0509 e. The van der Waals surface area contributed by atoms with Gasteiger partial charge in [0.1, 0.15) is 0 Å². The number of hydrogen-bond donors (Lipinski definition) is 0. The molecule has 0 aliphatic rings. The molecule has 6 heavy (non-hydrogen) atoms. The number of nitrogens with zero attached hydrogens (tertiary/aromatic N) is 3. The minimum absolute atomic E-state index is 1.58. The first-order valence-electron chi connectivity index (χ1n) is 1.68. The van der Waals surface area contributed by atoms with Gasteiger partial charge in [0.25, 0.3) is 0 Å². The summed E-state index contributed by atoms with van der Waals surface area (Å²) in [6.07, 6.45) is 1.58. The van der Waals surface area contributed by atoms with E-state index < -0.39 is 0 Å². The minimum Gasteiger partial charge on any atom is -0.172 e. The van der Waals surface area contributed by atoms with E-state index in [9.17, 15) is 0 Å². The predicted octanol–water partition coefficient (Wildman–Crippen LogP) is 1.07. The molecule has 0 heterocycles. The van der Waals surface area contributed by atoms with Crippen LogP contribution in [0.5, 0.6) is 0 Å². The molecule has 0 amide bonds. The summed E-state index contributed by atoms with van der Waals surface area (Å²) in [5, 5.41) is 10.1. The average molecular weight is 85.1 g/mol. The van der Waals surface area contributed by atoms with Crippen LogP contribution in [0.2, 0.25) is 0 Å². The van der Waals surface area contributed by atoms with Crippen molar-refractivity contribution in [2.24, 2.45) is 15.4 Å². The Labute approximate surface area is 36.8 Å². The summed E-state index contributed by atoms with van der Waals surface area (Å²) < 4.78 is 0. The first-order valence-corrected chi connectivity index (χ1v) is 1.68. The first kappa shape index (κ1) is 5.27. The van der Waals surface area contributed by atoms with Crippen molar-refractivity contribution in [3.05, 3.63) is 0 Å². The Balaban J connectivity index is 3.07. The maximum atomic E-state index is 3.42. The van der Waals surface area contributed by atoms with Crippen molar-refractivity contribution in [2.45, 2.75) is 6.92 Å². The second-order valence-electron chi connectivity index (χ2n) is 0.663. The molecule has 0 aromatic carbocycles. The van der Waals surface area contributed by atoms with E-state index in [-0.39, 0.29) is 0 Å². The van der Waals surface area contributed by atoms with Gasteiger partial charge in [0.05, 0.1) is 7.05 Å². The fraction of sp³-hybridized carbons (Fsp3) is 0.667. The highest BCUT2D eigenvalue weighted by molar-refractivity contribution is 5.52. The van der Waals surface area contributed by atoms with E-state index in [1.807, 2.05) is 0 Å². The zero-order valence-corrected chi connectivity index (χ0v) is 3.92. The Hall–Kier alpha value is -0.730. The van der Waals surface area contributed by atoms with Gasteiger partial charge in [-0.3, -0.25) is 0 Å². The standard InChI is InChI=1S/C3H7N3/c1-3-5-6-4-2/h3H,1-2H3/b5-3+,6-4?. The zero-order valence-electron chi connectivity index (χ0n) is 3.92. The van der Waals surface area contributed by atoms with Crippen LogP contribution in [0.25, 0.3) is 0 Å². The van der Waals surface area contributed by atoms with Gasteiger partial charge >= 0.3 is 0 Å². The van der Waals surface area contributed by atoms with Crippen molar-refractivity contribution in [3.63, 3.8) is 0 Å². The van der Waals surface area contributed by atoms with Gasteiger partial charge in [0.15, 0.2) is 0 Å². The van der Waals surface area contributed by atoms with Crippen LogP contribution in [-0.4, -0.2) is 13.3 Å². The molecule has 0 spiro atoms. The van der Waals surface area contributed by atoms with Gasteiger partial charge in [-0.25, -0.2) is 0 Å². The van der Waals surface area contributed by atoms with Gasteiger partial charge in [-0.15, -0.1) is 5.10 Å². The van der Waals surface area contributed by atoms with Gasteiger partial charge in [-0.1, -0.05) is 5.22 Å². The zero-order chi connectivity index (χ0) is 4.83. The molecule has 0 aliphatic carbocycles. The summed E-state index contributed by atoms with van der Waals surface area (Å²) in [6.45, 7) is 1.79. The maximum absolute atomic E-state index is 3.42. The SMILES string of the molecule is C/C=N/N=NC. The third kappa shape index (κ3) is 3.27. The third-order valence-corrected chi connectivity index (χ3v) is 0.257. The lowest BCUT2D eigenvalue weighted by atomic mass is 10.9. The van der Waals surface area contributed by atoms with Crippen molar-refractivity contribution in [1.82, 2.24) is 0 Å². The van der Waals surface area contributed by atoms with Crippen molar-refractivity contribution < 1.29 is 0 Å². The molecule has 0 saturated carbocycles. The second kappa shape index (κ2) is 4.27. The van der Waals surface area contributed by atoms with Crippen LogP contribution in [0.1, 0.15) is 6.92 Å². The quantitative estimate of drug-likeness (QED) is 0.259. The Morgan fingerprint density at radius 3 is 2.33 bits per heavy atom. The molecule has 0 aliphatic heterocycles. The molecule has 0 bridgehead atoms. The van der Waals surface area contributed by atoms with E-state index in [0.717, 1.165) is 0 Å². The van der Waals surface area contributed by atoms with E-state index in [2.05, 4.69) is 15.4 Å². The normalized spacial score (nSPS) is 11.7. The van der Waals surface area contributed by atoms with Gasteiger partial charge in [-0.05, 0) is 6.92 Å². The lowest BCUT2D eigenvalue weighted by molar-refractivity contribution is 1.02. The second-order valence-corrected chi connectivity index (χ2v) is 0.663. The van der Waals surface area contributed by atoms with Crippen LogP contribution in [-0.2, 0) is 0 Å². The summed E-state index contributed by atoms with van der Waals surface area (Å²) in [5.41, 5.74) is 0. The van der Waals surface area contributed by atoms with Crippen molar-refractivity contribution in [2.75, 3.05) is 7.05 Å². The topological polar surface area (TPSA) is 37.1 Å². The minimum atomic E-state index is 1.58. The molecule has 34 valence electrons. The van der Waals surface area contributed by atoms with E-state index in [0.29, 0.717) is 0 Å². The molecule has 0 atom stereocenters. The van der Waals surface area contributed by atoms with E-state index in [1.54, 1.807) is 20.2 Å². The van der Waals surface area contributed by atoms with Crippen LogP contribution in [0.3, 0.4) is 0 Å². The van der Waals surface area contributed by atoms with Gasteiger partial charge in [0, 0.05) is 6.21 Å². The summed E-state index contributed by atoms with van der Waals surface area (Å²) in [5.74, 6) is 0. The molecular formula is C3H7N3. The summed E-state index contributed by atoms with van der Waals surface area (Å²) in [7, 11) is 1.58. The third-order valence-electron chi connectivity index (χ3n) is 0.257. The molecule has 3 heteroatoms. The van der Waals surface area contributed by atoms with Crippen LogP contribution in [0.4, 0.5) is 0 Å². The number of hydrogen-bond acceptors (Lipinski definition) is 2. The number of rotatable bonds is 1. The van der Waals surface area contributed by atoms with Crippen LogP contribution in [0.15, 0.2) is 15.4 Å². The Bertz CT molecular complexity index is 54.4. The highest BCUT2D eigenvalue weighted by atomic mass is 15.3. The van der Waals surface area contributed by atoms with Crippen molar-refractivity contribution in [1.29, 1.82) is 0 Å². The van der Waals surface area contributed by atoms with Crippen LogP contribution in [0, 0.1) is 0 Å². The average Bonchev–Trinajstić information content (AvgIpc) is 1.61. The van der Waals surface area contributed by atoms with Crippen molar-refractivity contribution >= 4 is 6.21 Å². The molecule has 3 nitrogen and oxygen atoms in total. The van der Waals surface area contributed by atoms with Gasteiger partial charge in [-0.2, -0.15) is 5.11 Å². The monoisotopic (exact) mass is 85.1 g/mol. The van der Waals surface area contributed by atoms with E-state index in [4.69, 9.17) is 0 Å². The maximum Gasteiger partial charge on any atom is 0.0509 e. The lowest BCUT2D eigenvalue weighted by Gasteiger charge is -1.63. The summed E-state index contributed by atoms with van der Waals surface area (Å²) in [4.78, 5) is 0. The molecule has 0 unspecified atom stereocenters. The van der Waals surface area contributed by atoms with Crippen LogP contribution >= 0.6 is 0 Å². The Kier molecular flexibility index (Phi) is 3.75. The first-order chi connectivity index (χ1) is 2.91. The van der Waals surface area contributed by atoms with Gasteiger partial charge < -0.3 is 0 Å². The molecule has 0 radical (unpaired) electrons. The molecule has 0 saturated heterocycles. The van der Waals surface area contributed by atoms with E-state index >= 15 is 0 Å². The molecular weight excluding hydrogens is 78.1 g/mol. The summed E-state index contributed by atoms with van der Waals surface area (Å²) in [6, 6.07) is 0. The van der Waals surface area contributed by atoms with E-state index in [1.165, 1.54) is 0 Å². The molecule has 0 rings (SSSR count). The molecule has 0 fully saturated rings. The fourth-order valence-corrected chi connectivity index (χ4v) is 0.103. The van der Waals surface area contributed by atoms with Crippen LogP contribution < -0.4 is 0 Å². The predicted molar refractivity (Wildman–Crippen MR) is 24.9 cm³/mol. The Morgan fingerprint density at radius 2 is 2.17 bits per heavy atom. The fourth-order valence-electron chi connectivity index (χ4n) is 0.103.